The predicted molar refractivity (Wildman–Crippen MR) is 132 cm³/mol. The highest BCUT2D eigenvalue weighted by atomic mass is 32.2. The molecule has 10 heteroatoms. The molecule has 1 aliphatic heterocycles. The van der Waals surface area contributed by atoms with Gasteiger partial charge in [-0.25, -0.2) is 9.67 Å². The third-order valence-corrected chi connectivity index (χ3v) is 6.15. The van der Waals surface area contributed by atoms with Gasteiger partial charge in [0.15, 0.2) is 11.5 Å². The van der Waals surface area contributed by atoms with Crippen LogP contribution in [-0.4, -0.2) is 39.1 Å². The van der Waals surface area contributed by atoms with Crippen LogP contribution < -0.4 is 20.1 Å². The molecule has 4 aromatic rings. The Hall–Kier alpha value is -4.31. The number of nitrogens with one attached hydrogen (secondary N) is 2. The fourth-order valence-electron chi connectivity index (χ4n) is 3.49. The zero-order chi connectivity index (χ0) is 24.0. The van der Waals surface area contributed by atoms with E-state index < -0.39 is 0 Å². The van der Waals surface area contributed by atoms with Gasteiger partial charge in [0.1, 0.15) is 10.8 Å². The van der Waals surface area contributed by atoms with Crippen molar-refractivity contribution in [2.75, 3.05) is 23.2 Å². The molecule has 35 heavy (non-hydrogen) atoms. The van der Waals surface area contributed by atoms with Crippen LogP contribution in [-0.2, 0) is 11.3 Å². The van der Waals surface area contributed by atoms with Crippen LogP contribution >= 0.6 is 11.8 Å². The van der Waals surface area contributed by atoms with Gasteiger partial charge in [0.25, 0.3) is 5.91 Å². The Bertz CT molecular complexity index is 1360. The van der Waals surface area contributed by atoms with Crippen molar-refractivity contribution in [3.8, 4) is 11.5 Å². The second kappa shape index (κ2) is 10.3. The van der Waals surface area contributed by atoms with Gasteiger partial charge in [0, 0.05) is 24.0 Å². The second-order valence-electron chi connectivity index (χ2n) is 7.57. The van der Waals surface area contributed by atoms with E-state index >= 15 is 0 Å². The highest BCUT2D eigenvalue weighted by Crippen LogP contribution is 2.34. The summed E-state index contributed by atoms with van der Waals surface area (Å²) in [5.41, 5.74) is 2.05. The van der Waals surface area contributed by atoms with Gasteiger partial charge in [-0.15, -0.1) is 0 Å². The summed E-state index contributed by atoms with van der Waals surface area (Å²) in [5, 5.41) is 10.5. The van der Waals surface area contributed by atoms with E-state index in [1.165, 1.54) is 11.8 Å². The predicted octanol–water partition coefficient (Wildman–Crippen LogP) is 4.04. The van der Waals surface area contributed by atoms with E-state index in [0.717, 1.165) is 5.56 Å². The minimum absolute atomic E-state index is 0.0810. The highest BCUT2D eigenvalue weighted by Gasteiger charge is 2.17. The van der Waals surface area contributed by atoms with E-state index in [1.54, 1.807) is 53.5 Å². The average molecular weight is 488 g/mol. The fraction of sp³-hybridized carbons (Fsp3) is 0.120. The highest BCUT2D eigenvalue weighted by molar-refractivity contribution is 8.00. The van der Waals surface area contributed by atoms with Crippen LogP contribution in [0.3, 0.4) is 0 Å². The molecular weight excluding hydrogens is 466 g/mol. The number of thioether (sulfide) groups is 1. The van der Waals surface area contributed by atoms with Crippen molar-refractivity contribution in [1.29, 1.82) is 0 Å². The van der Waals surface area contributed by atoms with E-state index in [0.29, 0.717) is 40.1 Å². The summed E-state index contributed by atoms with van der Waals surface area (Å²) < 4.78 is 12.3. The number of fused-ring (bicyclic) bond motifs is 1. The molecule has 2 amide bonds. The summed E-state index contributed by atoms with van der Waals surface area (Å²) in [5.74, 6) is 1.33. The van der Waals surface area contributed by atoms with E-state index in [4.69, 9.17) is 9.47 Å². The Labute approximate surface area is 205 Å². The molecule has 0 unspecified atom stereocenters. The Balaban J connectivity index is 1.22. The molecule has 0 saturated heterocycles. The van der Waals surface area contributed by atoms with E-state index in [-0.39, 0.29) is 24.4 Å². The maximum Gasteiger partial charge on any atom is 0.259 e. The number of hydrogen-bond donors (Lipinski definition) is 2. The summed E-state index contributed by atoms with van der Waals surface area (Å²) in [6.45, 7) is 0.693. The molecule has 2 N–H and O–H groups in total. The fourth-order valence-corrected chi connectivity index (χ4v) is 4.28. The minimum Gasteiger partial charge on any atom is -0.454 e. The molecule has 2 aromatic carbocycles. The first-order chi connectivity index (χ1) is 17.2. The van der Waals surface area contributed by atoms with E-state index in [2.05, 4.69) is 20.7 Å². The summed E-state index contributed by atoms with van der Waals surface area (Å²) >= 11 is 1.19. The Morgan fingerprint density at radius 1 is 0.943 bits per heavy atom. The molecule has 0 atom stereocenters. The lowest BCUT2D eigenvalue weighted by Crippen LogP contribution is -2.18. The third-order valence-electron chi connectivity index (χ3n) is 5.15. The molecule has 1 aliphatic rings. The Morgan fingerprint density at radius 2 is 1.80 bits per heavy atom. The van der Waals surface area contributed by atoms with Crippen molar-refractivity contribution in [3.05, 3.63) is 90.3 Å². The molecule has 0 aliphatic carbocycles. The second-order valence-corrected chi connectivity index (χ2v) is 8.54. The molecule has 9 nitrogen and oxygen atoms in total. The summed E-state index contributed by atoms with van der Waals surface area (Å²) in [4.78, 5) is 29.9. The number of pyridine rings is 1. The molecular formula is C25H21N5O4S. The number of aromatic nitrogens is 3. The number of carbonyl (C=O) groups is 2. The van der Waals surface area contributed by atoms with Crippen molar-refractivity contribution in [2.45, 2.75) is 11.6 Å². The molecule has 176 valence electrons. The molecule has 0 spiro atoms. The van der Waals surface area contributed by atoms with Crippen LogP contribution in [0.2, 0.25) is 0 Å². The summed E-state index contributed by atoms with van der Waals surface area (Å²) in [6, 6.07) is 20.2. The molecule has 0 radical (unpaired) electrons. The zero-order valence-corrected chi connectivity index (χ0v) is 19.3. The maximum atomic E-state index is 13.0. The van der Waals surface area contributed by atoms with Crippen LogP contribution in [0.25, 0.3) is 0 Å². The summed E-state index contributed by atoms with van der Waals surface area (Å²) in [6.07, 6.45) is 3.23. The number of amides is 2. The van der Waals surface area contributed by atoms with Crippen molar-refractivity contribution in [3.63, 3.8) is 0 Å². The van der Waals surface area contributed by atoms with Gasteiger partial charge in [0.05, 0.1) is 24.1 Å². The lowest BCUT2D eigenvalue weighted by atomic mass is 10.2. The van der Waals surface area contributed by atoms with Crippen LogP contribution in [0.5, 0.6) is 11.5 Å². The first-order valence-electron chi connectivity index (χ1n) is 10.8. The number of anilines is 2. The topological polar surface area (TPSA) is 107 Å². The van der Waals surface area contributed by atoms with Crippen molar-refractivity contribution in [2.24, 2.45) is 0 Å². The summed E-state index contributed by atoms with van der Waals surface area (Å²) in [7, 11) is 0. The SMILES string of the molecule is O=C(CSc1ncccc1C(=O)Nc1ccnn1Cc1ccccc1)Nc1ccc2c(c1)OCO2. The molecule has 3 heterocycles. The monoisotopic (exact) mass is 487 g/mol. The largest absolute Gasteiger partial charge is 0.454 e. The first kappa shape index (κ1) is 22.5. The van der Waals surface area contributed by atoms with Crippen molar-refractivity contribution >= 4 is 35.1 Å². The number of rotatable bonds is 8. The first-order valence-corrected chi connectivity index (χ1v) is 11.8. The normalized spacial score (nSPS) is 11.8. The number of ether oxygens (including phenoxy) is 2. The van der Waals surface area contributed by atoms with Gasteiger partial charge >= 0.3 is 0 Å². The standard InChI is InChI=1S/C25H21N5O4S/c31-23(28-18-8-9-20-21(13-18)34-16-33-20)15-35-25-19(7-4-11-26-25)24(32)29-22-10-12-27-30(22)14-17-5-2-1-3-6-17/h1-13H,14-16H2,(H,28,31)(H,29,32). The molecule has 0 saturated carbocycles. The average Bonchev–Trinajstić information content (AvgIpc) is 3.52. The van der Waals surface area contributed by atoms with E-state index in [9.17, 15) is 9.59 Å². The van der Waals surface area contributed by atoms with Crippen LogP contribution in [0.4, 0.5) is 11.5 Å². The molecule has 2 aromatic heterocycles. The molecule has 0 bridgehead atoms. The lowest BCUT2D eigenvalue weighted by molar-refractivity contribution is -0.113. The maximum absolute atomic E-state index is 13.0. The van der Waals surface area contributed by atoms with Gasteiger partial charge in [0.2, 0.25) is 12.7 Å². The third kappa shape index (κ3) is 5.44. The van der Waals surface area contributed by atoms with Crippen LogP contribution in [0.1, 0.15) is 15.9 Å². The van der Waals surface area contributed by atoms with Gasteiger partial charge in [-0.3, -0.25) is 9.59 Å². The van der Waals surface area contributed by atoms with Gasteiger partial charge in [-0.05, 0) is 29.8 Å². The number of nitrogens with zero attached hydrogens (tertiary/aromatic N) is 3. The lowest BCUT2D eigenvalue weighted by Gasteiger charge is -2.11. The van der Waals surface area contributed by atoms with Gasteiger partial charge in [-0.2, -0.15) is 5.10 Å². The van der Waals surface area contributed by atoms with Crippen LogP contribution in [0.15, 0.2) is 84.1 Å². The van der Waals surface area contributed by atoms with E-state index in [1.807, 2.05) is 30.3 Å². The Kier molecular flexibility index (Phi) is 6.62. The smallest absolute Gasteiger partial charge is 0.259 e. The van der Waals surface area contributed by atoms with Gasteiger partial charge < -0.3 is 20.1 Å². The van der Waals surface area contributed by atoms with Crippen LogP contribution in [0, 0.1) is 0 Å². The number of benzene rings is 2. The molecule has 5 rings (SSSR count). The minimum atomic E-state index is -0.327. The number of hydrogen-bond acceptors (Lipinski definition) is 7. The van der Waals surface area contributed by atoms with Crippen molar-refractivity contribution in [1.82, 2.24) is 14.8 Å². The number of carbonyl (C=O) groups excluding carboxylic acids is 2. The van der Waals surface area contributed by atoms with Gasteiger partial charge in [-0.1, -0.05) is 42.1 Å². The molecule has 0 fully saturated rings. The van der Waals surface area contributed by atoms with Crippen molar-refractivity contribution < 1.29 is 19.1 Å². The zero-order valence-electron chi connectivity index (χ0n) is 18.5. The quantitative estimate of drug-likeness (QED) is 0.361. The Morgan fingerprint density at radius 3 is 2.69 bits per heavy atom.